The van der Waals surface area contributed by atoms with Gasteiger partial charge in [-0.15, -0.1) is 0 Å². The van der Waals surface area contributed by atoms with Crippen molar-refractivity contribution < 1.29 is 14.3 Å². The molecule has 10 heteroatoms. The standard InChI is InChI=1S/C32H36FN7O2/c1-19(2)39-18-35-27-16-26(37-30(29(27)39)36-25-9-10-34-17-24(25)33)20-7-8-23-28(13-20)40(31(41)32(23,3)42)22-14-21(15-22)38-11-5-4-6-12-38/h7-10,13,16-19,21-22,42H,4-6,11-12,14-15H2,1-3H3,(H,34,36,37)/t21-,22+,32?. The Morgan fingerprint density at radius 2 is 1.88 bits per heavy atom. The van der Waals surface area contributed by atoms with Gasteiger partial charge in [-0.2, -0.15) is 0 Å². The molecule has 2 aliphatic heterocycles. The Labute approximate surface area is 244 Å². The van der Waals surface area contributed by atoms with Gasteiger partial charge in [0.15, 0.2) is 17.2 Å². The Bertz CT molecular complexity index is 1670. The van der Waals surface area contributed by atoms with Crippen LogP contribution in [0.2, 0.25) is 0 Å². The number of fused-ring (bicyclic) bond motifs is 2. The number of imidazole rings is 1. The summed E-state index contributed by atoms with van der Waals surface area (Å²) in [6.45, 7) is 7.96. The number of benzene rings is 1. The molecule has 1 unspecified atom stereocenters. The summed E-state index contributed by atoms with van der Waals surface area (Å²) in [6, 6.07) is 9.81. The average molecular weight is 570 g/mol. The van der Waals surface area contributed by atoms with Gasteiger partial charge in [-0.3, -0.25) is 9.78 Å². The molecule has 1 amide bonds. The molecular formula is C32H36FN7O2. The molecule has 5 heterocycles. The van der Waals surface area contributed by atoms with Crippen LogP contribution in [-0.2, 0) is 10.4 Å². The Balaban J connectivity index is 1.27. The highest BCUT2D eigenvalue weighted by atomic mass is 19.1. The predicted molar refractivity (Wildman–Crippen MR) is 160 cm³/mol. The van der Waals surface area contributed by atoms with Gasteiger partial charge >= 0.3 is 0 Å². The number of rotatable bonds is 6. The van der Waals surface area contributed by atoms with E-state index in [0.717, 1.165) is 54.4 Å². The van der Waals surface area contributed by atoms with E-state index < -0.39 is 11.4 Å². The van der Waals surface area contributed by atoms with Gasteiger partial charge in [-0.1, -0.05) is 18.6 Å². The number of aliphatic hydroxyl groups is 1. The number of nitrogens with zero attached hydrogens (tertiary/aromatic N) is 6. The molecule has 0 radical (unpaired) electrons. The van der Waals surface area contributed by atoms with Crippen molar-refractivity contribution in [3.05, 3.63) is 60.4 Å². The number of hydrogen-bond acceptors (Lipinski definition) is 7. The molecular weight excluding hydrogens is 533 g/mol. The molecule has 7 rings (SSSR count). The third-order valence-corrected chi connectivity index (χ3v) is 9.21. The molecule has 9 nitrogen and oxygen atoms in total. The number of amides is 1. The number of halogens is 1. The lowest BCUT2D eigenvalue weighted by molar-refractivity contribution is -0.135. The normalized spacial score (nSPS) is 24.3. The molecule has 42 heavy (non-hydrogen) atoms. The van der Waals surface area contributed by atoms with Crippen LogP contribution < -0.4 is 10.2 Å². The highest BCUT2D eigenvalue weighted by molar-refractivity contribution is 6.08. The van der Waals surface area contributed by atoms with E-state index in [4.69, 9.17) is 4.98 Å². The Morgan fingerprint density at radius 1 is 1.10 bits per heavy atom. The van der Waals surface area contributed by atoms with Crippen LogP contribution in [0, 0.1) is 5.82 Å². The second-order valence-corrected chi connectivity index (χ2v) is 12.3. The maximum absolute atomic E-state index is 14.6. The van der Waals surface area contributed by atoms with Gasteiger partial charge in [-0.05, 0) is 77.7 Å². The van der Waals surface area contributed by atoms with Crippen LogP contribution in [0.15, 0.2) is 49.1 Å². The summed E-state index contributed by atoms with van der Waals surface area (Å²) in [7, 11) is 0. The Hall–Kier alpha value is -3.89. The van der Waals surface area contributed by atoms with Crippen molar-refractivity contribution in [3.63, 3.8) is 0 Å². The van der Waals surface area contributed by atoms with Gasteiger partial charge < -0.3 is 24.8 Å². The molecule has 0 spiro atoms. The number of hydrogen-bond donors (Lipinski definition) is 2. The van der Waals surface area contributed by atoms with Crippen LogP contribution >= 0.6 is 0 Å². The van der Waals surface area contributed by atoms with Gasteiger partial charge in [0, 0.05) is 35.4 Å². The SMILES string of the molecule is CC(C)n1cnc2cc(-c3ccc4c(c3)N([C@H]3C[C@@H](N5CCCCC5)C3)C(=O)C4(C)O)nc(Nc3ccncc3F)c21. The molecule has 3 aromatic heterocycles. The monoisotopic (exact) mass is 569 g/mol. The summed E-state index contributed by atoms with van der Waals surface area (Å²) in [5, 5.41) is 14.4. The zero-order chi connectivity index (χ0) is 29.2. The minimum Gasteiger partial charge on any atom is -0.375 e. The lowest BCUT2D eigenvalue weighted by Gasteiger charge is -2.47. The van der Waals surface area contributed by atoms with Crippen molar-refractivity contribution in [2.24, 2.45) is 0 Å². The molecule has 1 saturated heterocycles. The van der Waals surface area contributed by atoms with Crippen LogP contribution in [0.5, 0.6) is 0 Å². The van der Waals surface area contributed by atoms with Gasteiger partial charge in [0.2, 0.25) is 0 Å². The van der Waals surface area contributed by atoms with Gasteiger partial charge in [-0.25, -0.2) is 14.4 Å². The maximum Gasteiger partial charge on any atom is 0.263 e. The smallest absolute Gasteiger partial charge is 0.263 e. The molecule has 2 fully saturated rings. The fraction of sp³-hybridized carbons (Fsp3) is 0.438. The molecule has 1 aliphatic carbocycles. The number of pyridine rings is 2. The lowest BCUT2D eigenvalue weighted by atomic mass is 9.83. The first-order valence-corrected chi connectivity index (χ1v) is 14.9. The highest BCUT2D eigenvalue weighted by Crippen LogP contribution is 2.47. The summed E-state index contributed by atoms with van der Waals surface area (Å²) in [4.78, 5) is 31.4. The molecule has 4 aromatic rings. The third-order valence-electron chi connectivity index (χ3n) is 9.21. The zero-order valence-electron chi connectivity index (χ0n) is 24.2. The molecule has 2 N–H and O–H groups in total. The highest BCUT2D eigenvalue weighted by Gasteiger charge is 2.51. The maximum atomic E-state index is 14.6. The number of nitrogens with one attached hydrogen (secondary N) is 1. The molecule has 1 aromatic carbocycles. The fourth-order valence-electron chi connectivity index (χ4n) is 6.77. The summed E-state index contributed by atoms with van der Waals surface area (Å²) in [5.41, 5.74) is 2.93. The Morgan fingerprint density at radius 3 is 2.62 bits per heavy atom. The van der Waals surface area contributed by atoms with E-state index in [1.165, 1.54) is 25.5 Å². The van der Waals surface area contributed by atoms with E-state index in [1.807, 2.05) is 33.7 Å². The first kappa shape index (κ1) is 27.0. The van der Waals surface area contributed by atoms with Gasteiger partial charge in [0.25, 0.3) is 5.91 Å². The van der Waals surface area contributed by atoms with E-state index in [-0.39, 0.29) is 23.7 Å². The number of aromatic nitrogens is 4. The van der Waals surface area contributed by atoms with Crippen LogP contribution in [0.1, 0.15) is 64.5 Å². The molecule has 218 valence electrons. The average Bonchev–Trinajstić information content (AvgIpc) is 3.47. The van der Waals surface area contributed by atoms with Crippen LogP contribution in [-0.4, -0.2) is 60.6 Å². The van der Waals surface area contributed by atoms with Crippen molar-refractivity contribution in [2.45, 2.75) is 76.6 Å². The predicted octanol–water partition coefficient (Wildman–Crippen LogP) is 5.53. The lowest BCUT2D eigenvalue weighted by Crippen LogP contribution is -2.57. The largest absolute Gasteiger partial charge is 0.375 e. The molecule has 1 atom stereocenters. The van der Waals surface area contributed by atoms with Crippen LogP contribution in [0.3, 0.4) is 0 Å². The van der Waals surface area contributed by atoms with E-state index in [2.05, 4.69) is 34.0 Å². The third kappa shape index (κ3) is 4.35. The molecule has 1 saturated carbocycles. The van der Waals surface area contributed by atoms with Gasteiger partial charge in [0.05, 0.1) is 35.1 Å². The van der Waals surface area contributed by atoms with Crippen molar-refractivity contribution in [2.75, 3.05) is 23.3 Å². The topological polar surface area (TPSA) is 99.4 Å². The molecule has 3 aliphatic rings. The first-order valence-electron chi connectivity index (χ1n) is 14.9. The van der Waals surface area contributed by atoms with Crippen LogP contribution in [0.25, 0.3) is 22.3 Å². The summed E-state index contributed by atoms with van der Waals surface area (Å²) in [5.74, 6) is -0.278. The van der Waals surface area contributed by atoms with E-state index in [9.17, 15) is 14.3 Å². The van der Waals surface area contributed by atoms with E-state index >= 15 is 0 Å². The van der Waals surface area contributed by atoms with Crippen molar-refractivity contribution in [3.8, 4) is 11.3 Å². The minimum atomic E-state index is -1.58. The number of carbonyl (C=O) groups excluding carboxylic acids is 1. The van der Waals surface area contributed by atoms with Crippen LogP contribution in [0.4, 0.5) is 21.6 Å². The summed E-state index contributed by atoms with van der Waals surface area (Å²) < 4.78 is 16.6. The fourth-order valence-corrected chi connectivity index (χ4v) is 6.77. The number of likely N-dealkylation sites (tertiary alicyclic amines) is 1. The number of piperidine rings is 1. The minimum absolute atomic E-state index is 0.0523. The van der Waals surface area contributed by atoms with E-state index in [0.29, 0.717) is 23.1 Å². The number of carbonyl (C=O) groups is 1. The van der Waals surface area contributed by atoms with E-state index in [1.54, 1.807) is 19.3 Å². The van der Waals surface area contributed by atoms with Gasteiger partial charge in [0.1, 0.15) is 5.52 Å². The summed E-state index contributed by atoms with van der Waals surface area (Å²) in [6.07, 6.45) is 10.1. The summed E-state index contributed by atoms with van der Waals surface area (Å²) >= 11 is 0. The Kier molecular flexibility index (Phi) is 6.51. The van der Waals surface area contributed by atoms with Crippen molar-refractivity contribution >= 4 is 34.1 Å². The second kappa shape index (κ2) is 10.1. The molecule has 0 bridgehead atoms. The quantitative estimate of drug-likeness (QED) is 0.315. The van der Waals surface area contributed by atoms with Crippen molar-refractivity contribution in [1.82, 2.24) is 24.4 Å². The second-order valence-electron chi connectivity index (χ2n) is 12.3. The zero-order valence-corrected chi connectivity index (χ0v) is 24.2. The first-order chi connectivity index (χ1) is 20.2. The van der Waals surface area contributed by atoms with Crippen molar-refractivity contribution in [1.29, 1.82) is 0 Å². The number of anilines is 3.